The van der Waals surface area contributed by atoms with Crippen LogP contribution in [0.25, 0.3) is 0 Å². The molecule has 0 aromatic heterocycles. The zero-order valence-electron chi connectivity index (χ0n) is 11.3. The Hall–Kier alpha value is -1.12. The van der Waals surface area contributed by atoms with Gasteiger partial charge in [-0.3, -0.25) is 4.79 Å². The van der Waals surface area contributed by atoms with Crippen molar-refractivity contribution in [3.63, 3.8) is 0 Å². The van der Waals surface area contributed by atoms with Crippen LogP contribution >= 0.6 is 15.9 Å². The molecule has 0 spiro atoms. The van der Waals surface area contributed by atoms with E-state index in [1.165, 1.54) is 13.2 Å². The van der Waals surface area contributed by atoms with Crippen LogP contribution in [0.15, 0.2) is 22.7 Å². The highest BCUT2D eigenvalue weighted by Crippen LogP contribution is 2.31. The summed E-state index contributed by atoms with van der Waals surface area (Å²) in [4.78, 5) is 11.8. The van der Waals surface area contributed by atoms with Gasteiger partial charge in [0.05, 0.1) is 30.9 Å². The van der Waals surface area contributed by atoms with Crippen molar-refractivity contribution < 1.29 is 27.4 Å². The summed E-state index contributed by atoms with van der Waals surface area (Å²) in [6, 6.07) is 2.92. The summed E-state index contributed by atoms with van der Waals surface area (Å²) in [7, 11) is 1.54. The van der Waals surface area contributed by atoms with Gasteiger partial charge in [0.25, 0.3) is 5.91 Å². The van der Waals surface area contributed by atoms with E-state index in [-0.39, 0.29) is 18.7 Å². The van der Waals surface area contributed by atoms with Gasteiger partial charge in [-0.25, -0.2) is 0 Å². The Labute approximate surface area is 128 Å². The minimum Gasteiger partial charge on any atom is -0.382 e. The van der Waals surface area contributed by atoms with Crippen molar-refractivity contribution in [1.29, 1.82) is 0 Å². The van der Waals surface area contributed by atoms with Gasteiger partial charge in [0.15, 0.2) is 0 Å². The van der Waals surface area contributed by atoms with Gasteiger partial charge in [-0.1, -0.05) is 0 Å². The predicted octanol–water partition coefficient (Wildman–Crippen LogP) is 2.86. The number of carbonyl (C=O) groups excluding carboxylic acids is 1. The number of hydrogen-bond acceptors (Lipinski definition) is 3. The third kappa shape index (κ3) is 6.03. The summed E-state index contributed by atoms with van der Waals surface area (Å²) in [6.07, 6.45) is -4.49. The monoisotopic (exact) mass is 369 g/mol. The van der Waals surface area contributed by atoms with E-state index < -0.39 is 17.6 Å². The number of methoxy groups -OCH3 is 1. The lowest BCUT2D eigenvalue weighted by atomic mass is 10.1. The second-order valence-electron chi connectivity index (χ2n) is 4.05. The summed E-state index contributed by atoms with van der Waals surface area (Å²) in [5, 5.41) is 2.49. The zero-order chi connectivity index (χ0) is 15.9. The highest BCUT2D eigenvalue weighted by atomic mass is 79.9. The minimum atomic E-state index is -4.49. The van der Waals surface area contributed by atoms with Crippen molar-refractivity contribution in [1.82, 2.24) is 5.32 Å². The zero-order valence-corrected chi connectivity index (χ0v) is 12.9. The molecule has 0 atom stereocenters. The molecule has 0 heterocycles. The SMILES string of the molecule is COCCOCCNC(=O)c1cc(C(F)(F)F)ccc1Br. The number of halogens is 4. The molecule has 0 aliphatic rings. The van der Waals surface area contributed by atoms with Crippen LogP contribution in [0.5, 0.6) is 0 Å². The van der Waals surface area contributed by atoms with E-state index in [9.17, 15) is 18.0 Å². The first-order chi connectivity index (χ1) is 9.86. The molecule has 1 N–H and O–H groups in total. The first-order valence-corrected chi connectivity index (χ1v) is 6.87. The first-order valence-electron chi connectivity index (χ1n) is 6.08. The van der Waals surface area contributed by atoms with E-state index in [2.05, 4.69) is 21.2 Å². The Bertz CT molecular complexity index is 480. The van der Waals surface area contributed by atoms with Crippen LogP contribution in [-0.2, 0) is 15.7 Å². The van der Waals surface area contributed by atoms with E-state index in [4.69, 9.17) is 9.47 Å². The summed E-state index contributed by atoms with van der Waals surface area (Å²) < 4.78 is 48.0. The average molecular weight is 370 g/mol. The summed E-state index contributed by atoms with van der Waals surface area (Å²) in [5.41, 5.74) is -0.936. The van der Waals surface area contributed by atoms with Gasteiger partial charge in [0.1, 0.15) is 0 Å². The molecule has 8 heteroatoms. The van der Waals surface area contributed by atoms with Crippen LogP contribution in [0.4, 0.5) is 13.2 Å². The third-order valence-corrected chi connectivity index (χ3v) is 3.19. The molecule has 0 fully saturated rings. The van der Waals surface area contributed by atoms with Gasteiger partial charge in [-0.15, -0.1) is 0 Å². The predicted molar refractivity (Wildman–Crippen MR) is 74.2 cm³/mol. The van der Waals surface area contributed by atoms with Gasteiger partial charge in [-0.05, 0) is 34.1 Å². The van der Waals surface area contributed by atoms with Crippen molar-refractivity contribution in [3.8, 4) is 0 Å². The number of ether oxygens (including phenoxy) is 2. The quantitative estimate of drug-likeness (QED) is 0.751. The van der Waals surface area contributed by atoms with Crippen LogP contribution in [0.3, 0.4) is 0 Å². The van der Waals surface area contributed by atoms with E-state index in [0.29, 0.717) is 17.7 Å². The number of hydrogen-bond donors (Lipinski definition) is 1. The van der Waals surface area contributed by atoms with Crippen LogP contribution in [0.1, 0.15) is 15.9 Å². The molecule has 21 heavy (non-hydrogen) atoms. The Balaban J connectivity index is 2.57. The molecule has 0 radical (unpaired) electrons. The van der Waals surface area contributed by atoms with Crippen molar-refractivity contribution >= 4 is 21.8 Å². The van der Waals surface area contributed by atoms with Gasteiger partial charge in [0, 0.05) is 18.1 Å². The van der Waals surface area contributed by atoms with Crippen molar-refractivity contribution in [2.75, 3.05) is 33.5 Å². The molecular weight excluding hydrogens is 355 g/mol. The molecule has 0 saturated heterocycles. The minimum absolute atomic E-state index is 0.0679. The molecule has 4 nitrogen and oxygen atoms in total. The number of alkyl halides is 3. The van der Waals surface area contributed by atoms with Crippen molar-refractivity contribution in [2.24, 2.45) is 0 Å². The first kappa shape index (κ1) is 17.9. The summed E-state index contributed by atoms with van der Waals surface area (Å²) >= 11 is 3.07. The van der Waals surface area contributed by atoms with Gasteiger partial charge < -0.3 is 14.8 Å². The van der Waals surface area contributed by atoms with Gasteiger partial charge >= 0.3 is 6.18 Å². The topological polar surface area (TPSA) is 47.6 Å². The number of rotatable bonds is 7. The summed E-state index contributed by atoms with van der Waals surface area (Å²) in [6.45, 7) is 1.28. The lowest BCUT2D eigenvalue weighted by Crippen LogP contribution is -2.28. The van der Waals surface area contributed by atoms with E-state index in [1.807, 2.05) is 0 Å². The molecule has 0 saturated carbocycles. The van der Waals surface area contributed by atoms with Crippen LogP contribution < -0.4 is 5.32 Å². The fourth-order valence-corrected chi connectivity index (χ4v) is 1.88. The number of amides is 1. The van der Waals surface area contributed by atoms with Gasteiger partial charge in [0.2, 0.25) is 0 Å². The number of nitrogens with one attached hydrogen (secondary N) is 1. The number of benzene rings is 1. The standard InChI is InChI=1S/C13H15BrF3NO3/c1-20-6-7-21-5-4-18-12(19)10-8-9(13(15,16)17)2-3-11(10)14/h2-3,8H,4-7H2,1H3,(H,18,19). The second kappa shape index (κ2) is 8.35. The highest BCUT2D eigenvalue weighted by Gasteiger charge is 2.31. The smallest absolute Gasteiger partial charge is 0.382 e. The molecule has 118 valence electrons. The average Bonchev–Trinajstić information content (AvgIpc) is 2.41. The third-order valence-electron chi connectivity index (χ3n) is 2.50. The van der Waals surface area contributed by atoms with E-state index >= 15 is 0 Å². The Morgan fingerprint density at radius 2 is 2.00 bits per heavy atom. The number of carbonyl (C=O) groups is 1. The van der Waals surface area contributed by atoms with Crippen molar-refractivity contribution in [3.05, 3.63) is 33.8 Å². The fraction of sp³-hybridized carbons (Fsp3) is 0.462. The van der Waals surface area contributed by atoms with Crippen LogP contribution in [-0.4, -0.2) is 39.4 Å². The fourth-order valence-electron chi connectivity index (χ4n) is 1.45. The molecule has 1 amide bonds. The molecule has 1 aromatic carbocycles. The molecule has 1 rings (SSSR count). The molecule has 0 bridgehead atoms. The maximum absolute atomic E-state index is 12.6. The second-order valence-corrected chi connectivity index (χ2v) is 4.91. The molecular formula is C13H15BrF3NO3. The normalized spacial score (nSPS) is 11.5. The van der Waals surface area contributed by atoms with Crippen molar-refractivity contribution in [2.45, 2.75) is 6.18 Å². The van der Waals surface area contributed by atoms with E-state index in [1.54, 1.807) is 0 Å². The molecule has 0 unspecified atom stereocenters. The Morgan fingerprint density at radius 1 is 1.29 bits per heavy atom. The Morgan fingerprint density at radius 3 is 2.62 bits per heavy atom. The largest absolute Gasteiger partial charge is 0.416 e. The van der Waals surface area contributed by atoms with E-state index in [0.717, 1.165) is 12.1 Å². The highest BCUT2D eigenvalue weighted by molar-refractivity contribution is 9.10. The molecule has 1 aromatic rings. The van der Waals surface area contributed by atoms with Gasteiger partial charge in [-0.2, -0.15) is 13.2 Å². The maximum Gasteiger partial charge on any atom is 0.416 e. The maximum atomic E-state index is 12.6. The van der Waals surface area contributed by atoms with Crippen LogP contribution in [0, 0.1) is 0 Å². The molecule has 0 aliphatic carbocycles. The lowest BCUT2D eigenvalue weighted by molar-refractivity contribution is -0.137. The van der Waals surface area contributed by atoms with Crippen LogP contribution in [0.2, 0.25) is 0 Å². The Kier molecular flexibility index (Phi) is 7.13. The molecule has 0 aliphatic heterocycles. The lowest BCUT2D eigenvalue weighted by Gasteiger charge is -2.11. The summed E-state index contributed by atoms with van der Waals surface area (Å²) in [5.74, 6) is -0.594.